The smallest absolute Gasteiger partial charge is 0.359 e. The normalized spacial score (nSPS) is 23.9. The first-order valence-electron chi connectivity index (χ1n) is 6.64. The number of hydrogen-bond acceptors (Lipinski definition) is 4. The summed E-state index contributed by atoms with van der Waals surface area (Å²) in [5, 5.41) is 4.05. The number of ether oxygens (including phenoxy) is 1. The predicted molar refractivity (Wildman–Crippen MR) is 69.1 cm³/mol. The molecule has 0 aliphatic heterocycles. The summed E-state index contributed by atoms with van der Waals surface area (Å²) in [4.78, 5) is 12.1. The fourth-order valence-electron chi connectivity index (χ4n) is 2.56. The van der Waals surface area contributed by atoms with E-state index in [1.165, 1.54) is 12.6 Å². The highest BCUT2D eigenvalue weighted by Crippen LogP contribution is 2.26. The summed E-state index contributed by atoms with van der Waals surface area (Å²) in [6, 6.07) is 0. The van der Waals surface area contributed by atoms with Crippen LogP contribution >= 0.6 is 0 Å². The van der Waals surface area contributed by atoms with Crippen LogP contribution in [0.5, 0.6) is 0 Å². The van der Waals surface area contributed by atoms with E-state index in [1.807, 2.05) is 6.92 Å². The van der Waals surface area contributed by atoms with Crippen molar-refractivity contribution in [1.82, 2.24) is 9.78 Å². The molecule has 5 heteroatoms. The molecule has 0 spiro atoms. The van der Waals surface area contributed by atoms with Crippen LogP contribution in [0.4, 0.5) is 5.69 Å². The maximum atomic E-state index is 12.1. The molecular weight excluding hydrogens is 230 g/mol. The second-order valence-corrected chi connectivity index (χ2v) is 5.06. The molecule has 2 unspecified atom stereocenters. The Morgan fingerprint density at radius 1 is 1.61 bits per heavy atom. The highest BCUT2D eigenvalue weighted by atomic mass is 16.5. The second-order valence-electron chi connectivity index (χ2n) is 5.06. The van der Waals surface area contributed by atoms with Crippen molar-refractivity contribution in [2.75, 3.05) is 5.73 Å². The number of nitrogen functional groups attached to an aromatic ring is 1. The van der Waals surface area contributed by atoms with E-state index < -0.39 is 0 Å². The molecule has 100 valence electrons. The number of anilines is 1. The van der Waals surface area contributed by atoms with Crippen LogP contribution in [0.25, 0.3) is 0 Å². The Hall–Kier alpha value is -1.52. The molecule has 2 atom stereocenters. The zero-order chi connectivity index (χ0) is 13.1. The van der Waals surface area contributed by atoms with Crippen LogP contribution in [0, 0.1) is 5.92 Å². The van der Waals surface area contributed by atoms with E-state index in [9.17, 15) is 4.79 Å². The number of carbonyl (C=O) groups excluding carboxylic acids is 1. The highest BCUT2D eigenvalue weighted by molar-refractivity contribution is 5.93. The van der Waals surface area contributed by atoms with Gasteiger partial charge in [-0.15, -0.1) is 0 Å². The fraction of sp³-hybridized carbons (Fsp3) is 0.692. The first kappa shape index (κ1) is 12.9. The Morgan fingerprint density at radius 3 is 3.06 bits per heavy atom. The third-order valence-corrected chi connectivity index (χ3v) is 3.52. The van der Waals surface area contributed by atoms with Gasteiger partial charge in [0.15, 0.2) is 5.69 Å². The molecule has 0 bridgehead atoms. The molecule has 1 aliphatic carbocycles. The Bertz CT molecular complexity index is 428. The first-order valence-corrected chi connectivity index (χ1v) is 6.64. The molecule has 2 rings (SSSR count). The van der Waals surface area contributed by atoms with Gasteiger partial charge in [0.25, 0.3) is 0 Å². The largest absolute Gasteiger partial charge is 0.458 e. The molecule has 18 heavy (non-hydrogen) atoms. The van der Waals surface area contributed by atoms with Crippen molar-refractivity contribution in [2.24, 2.45) is 5.92 Å². The van der Waals surface area contributed by atoms with Crippen LogP contribution < -0.4 is 5.73 Å². The van der Waals surface area contributed by atoms with Crippen LogP contribution in [0.3, 0.4) is 0 Å². The minimum absolute atomic E-state index is 0.0286. The van der Waals surface area contributed by atoms with Gasteiger partial charge >= 0.3 is 5.97 Å². The SMILES string of the molecule is CCn1ncc(N)c1C(=O)OC1CCCC(C)C1. The molecule has 1 saturated carbocycles. The van der Waals surface area contributed by atoms with E-state index >= 15 is 0 Å². The van der Waals surface area contributed by atoms with Crippen LogP contribution in [0.2, 0.25) is 0 Å². The number of carbonyl (C=O) groups is 1. The van der Waals surface area contributed by atoms with Crippen molar-refractivity contribution in [3.05, 3.63) is 11.9 Å². The van der Waals surface area contributed by atoms with Gasteiger partial charge in [-0.2, -0.15) is 5.10 Å². The van der Waals surface area contributed by atoms with Crippen LogP contribution in [-0.2, 0) is 11.3 Å². The summed E-state index contributed by atoms with van der Waals surface area (Å²) < 4.78 is 7.14. The summed E-state index contributed by atoms with van der Waals surface area (Å²) in [5.41, 5.74) is 6.55. The lowest BCUT2D eigenvalue weighted by Gasteiger charge is -2.26. The number of aromatic nitrogens is 2. The standard InChI is InChI=1S/C13H21N3O2/c1-3-16-12(11(14)8-15-16)13(17)18-10-6-4-5-9(2)7-10/h8-10H,3-7,14H2,1-2H3. The molecule has 1 aliphatic rings. The van der Waals surface area contributed by atoms with Gasteiger partial charge in [-0.3, -0.25) is 4.68 Å². The molecule has 1 aromatic rings. The quantitative estimate of drug-likeness (QED) is 0.836. The van der Waals surface area contributed by atoms with Gasteiger partial charge in [-0.05, 0) is 32.1 Å². The maximum absolute atomic E-state index is 12.1. The summed E-state index contributed by atoms with van der Waals surface area (Å²) in [7, 11) is 0. The first-order chi connectivity index (χ1) is 8.61. The van der Waals surface area contributed by atoms with Crippen LogP contribution in [0.15, 0.2) is 6.20 Å². The molecule has 1 aromatic heterocycles. The number of aryl methyl sites for hydroxylation is 1. The van der Waals surface area contributed by atoms with Gasteiger partial charge in [-0.25, -0.2) is 4.79 Å². The summed E-state index contributed by atoms with van der Waals surface area (Å²) in [5.74, 6) is 0.288. The van der Waals surface area contributed by atoms with Gasteiger partial charge < -0.3 is 10.5 Å². The maximum Gasteiger partial charge on any atom is 0.359 e. The molecule has 0 aromatic carbocycles. The fourth-order valence-corrected chi connectivity index (χ4v) is 2.56. The van der Waals surface area contributed by atoms with Crippen molar-refractivity contribution < 1.29 is 9.53 Å². The minimum Gasteiger partial charge on any atom is -0.458 e. The average Bonchev–Trinajstić information content (AvgIpc) is 2.70. The molecule has 0 amide bonds. The minimum atomic E-state index is -0.342. The highest BCUT2D eigenvalue weighted by Gasteiger charge is 2.25. The zero-order valence-electron chi connectivity index (χ0n) is 11.1. The predicted octanol–water partition coefficient (Wildman–Crippen LogP) is 2.22. The average molecular weight is 251 g/mol. The van der Waals surface area contributed by atoms with E-state index in [2.05, 4.69) is 12.0 Å². The molecule has 1 heterocycles. The number of rotatable bonds is 3. The van der Waals surface area contributed by atoms with Gasteiger partial charge in [0.05, 0.1) is 11.9 Å². The van der Waals surface area contributed by atoms with E-state index in [4.69, 9.17) is 10.5 Å². The third-order valence-electron chi connectivity index (χ3n) is 3.52. The van der Waals surface area contributed by atoms with Crippen molar-refractivity contribution in [3.63, 3.8) is 0 Å². The lowest BCUT2D eigenvalue weighted by molar-refractivity contribution is 0.0143. The van der Waals surface area contributed by atoms with Gasteiger partial charge in [0.2, 0.25) is 0 Å². The number of nitrogens with zero attached hydrogens (tertiary/aromatic N) is 2. The molecule has 5 nitrogen and oxygen atoms in total. The summed E-state index contributed by atoms with van der Waals surface area (Å²) in [6.45, 7) is 4.74. The number of hydrogen-bond donors (Lipinski definition) is 1. The van der Waals surface area contributed by atoms with Crippen LogP contribution in [-0.4, -0.2) is 21.9 Å². The Labute approximate surface area is 107 Å². The van der Waals surface area contributed by atoms with Gasteiger partial charge in [0, 0.05) is 6.54 Å². The topological polar surface area (TPSA) is 70.1 Å². The monoisotopic (exact) mass is 251 g/mol. The number of esters is 1. The van der Waals surface area contributed by atoms with Gasteiger partial charge in [-0.1, -0.05) is 13.3 Å². The molecular formula is C13H21N3O2. The van der Waals surface area contributed by atoms with Gasteiger partial charge in [0.1, 0.15) is 6.10 Å². The molecule has 2 N–H and O–H groups in total. The van der Waals surface area contributed by atoms with E-state index in [1.54, 1.807) is 4.68 Å². The lowest BCUT2D eigenvalue weighted by atomic mass is 9.89. The molecule has 0 radical (unpaired) electrons. The Kier molecular flexibility index (Phi) is 3.89. The van der Waals surface area contributed by atoms with E-state index in [-0.39, 0.29) is 12.1 Å². The summed E-state index contributed by atoms with van der Waals surface area (Å²) >= 11 is 0. The summed E-state index contributed by atoms with van der Waals surface area (Å²) in [6.07, 6.45) is 5.79. The third kappa shape index (κ3) is 2.66. The van der Waals surface area contributed by atoms with Crippen molar-refractivity contribution >= 4 is 11.7 Å². The molecule has 0 saturated heterocycles. The van der Waals surface area contributed by atoms with E-state index in [0.29, 0.717) is 23.8 Å². The lowest BCUT2D eigenvalue weighted by Crippen LogP contribution is -2.26. The molecule has 1 fully saturated rings. The van der Waals surface area contributed by atoms with Crippen molar-refractivity contribution in [1.29, 1.82) is 0 Å². The number of nitrogens with two attached hydrogens (primary N) is 1. The second kappa shape index (κ2) is 5.42. The Balaban J connectivity index is 2.05. The van der Waals surface area contributed by atoms with Crippen molar-refractivity contribution in [2.45, 2.75) is 52.2 Å². The van der Waals surface area contributed by atoms with Crippen molar-refractivity contribution in [3.8, 4) is 0 Å². The zero-order valence-corrected chi connectivity index (χ0v) is 11.1. The van der Waals surface area contributed by atoms with Crippen LogP contribution in [0.1, 0.15) is 50.0 Å². The van der Waals surface area contributed by atoms with E-state index in [0.717, 1.165) is 19.3 Å². The Morgan fingerprint density at radius 2 is 2.39 bits per heavy atom.